The number of anilines is 1. The van der Waals surface area contributed by atoms with E-state index in [1.165, 1.54) is 5.56 Å². The van der Waals surface area contributed by atoms with Crippen molar-refractivity contribution in [3.05, 3.63) is 29.6 Å². The summed E-state index contributed by atoms with van der Waals surface area (Å²) < 4.78 is 13.5. The van der Waals surface area contributed by atoms with E-state index in [1.54, 1.807) is 12.1 Å². The second kappa shape index (κ2) is 4.88. The van der Waals surface area contributed by atoms with Crippen molar-refractivity contribution >= 4 is 5.69 Å². The van der Waals surface area contributed by atoms with Crippen LogP contribution in [0, 0.1) is 5.82 Å². The Morgan fingerprint density at radius 3 is 2.61 bits per heavy atom. The van der Waals surface area contributed by atoms with Crippen LogP contribution >= 0.6 is 0 Å². The van der Waals surface area contributed by atoms with Gasteiger partial charge in [0.2, 0.25) is 0 Å². The van der Waals surface area contributed by atoms with Crippen molar-refractivity contribution in [1.29, 1.82) is 0 Å². The first-order valence-electron chi connectivity index (χ1n) is 6.64. The molecule has 0 aliphatic carbocycles. The van der Waals surface area contributed by atoms with E-state index in [0.717, 1.165) is 25.2 Å². The molecule has 1 aromatic rings. The number of hydrogen-bond acceptors (Lipinski definition) is 2. The molecule has 1 aliphatic rings. The Labute approximate surface area is 109 Å². The van der Waals surface area contributed by atoms with Gasteiger partial charge in [0.25, 0.3) is 0 Å². The van der Waals surface area contributed by atoms with Crippen molar-refractivity contribution in [2.45, 2.75) is 38.6 Å². The van der Waals surface area contributed by atoms with E-state index < -0.39 is 0 Å². The van der Waals surface area contributed by atoms with Gasteiger partial charge < -0.3 is 10.2 Å². The highest BCUT2D eigenvalue weighted by Crippen LogP contribution is 2.34. The summed E-state index contributed by atoms with van der Waals surface area (Å²) in [5.74, 6) is -0.147. The summed E-state index contributed by atoms with van der Waals surface area (Å²) >= 11 is 0. The van der Waals surface area contributed by atoms with Crippen LogP contribution in [0.5, 0.6) is 0 Å². The molecule has 2 rings (SSSR count). The average molecular weight is 250 g/mol. The molecule has 0 unspecified atom stereocenters. The van der Waals surface area contributed by atoms with E-state index in [2.05, 4.69) is 31.0 Å². The molecule has 1 fully saturated rings. The molecule has 0 saturated carbocycles. The van der Waals surface area contributed by atoms with E-state index in [-0.39, 0.29) is 11.2 Å². The summed E-state index contributed by atoms with van der Waals surface area (Å²) in [6.07, 6.45) is 1.12. The molecule has 1 heterocycles. The van der Waals surface area contributed by atoms with E-state index in [0.29, 0.717) is 6.04 Å². The van der Waals surface area contributed by atoms with Crippen LogP contribution in [0.15, 0.2) is 18.2 Å². The van der Waals surface area contributed by atoms with Gasteiger partial charge in [-0.05, 0) is 36.6 Å². The van der Waals surface area contributed by atoms with E-state index in [1.807, 2.05) is 13.1 Å². The number of benzene rings is 1. The molecule has 3 heteroatoms. The van der Waals surface area contributed by atoms with Crippen LogP contribution in [0.3, 0.4) is 0 Å². The molecule has 0 aromatic heterocycles. The summed E-state index contributed by atoms with van der Waals surface area (Å²) in [5, 5.41) is 3.30. The number of hydrogen-bond donors (Lipinski definition) is 1. The summed E-state index contributed by atoms with van der Waals surface area (Å²) in [6, 6.07) is 5.69. The van der Waals surface area contributed by atoms with Gasteiger partial charge in [0, 0.05) is 24.8 Å². The molecule has 1 aliphatic heterocycles. The molecular weight excluding hydrogens is 227 g/mol. The fourth-order valence-corrected chi connectivity index (χ4v) is 2.62. The Bertz CT molecular complexity index is 423. The largest absolute Gasteiger partial charge is 0.370 e. The molecule has 0 spiro atoms. The third-order valence-corrected chi connectivity index (χ3v) is 3.70. The monoisotopic (exact) mass is 250 g/mol. The maximum Gasteiger partial charge on any atom is 0.125 e. The fourth-order valence-electron chi connectivity index (χ4n) is 2.62. The number of nitrogens with zero attached hydrogens (tertiary/aromatic N) is 1. The minimum absolute atomic E-state index is 0.0424. The van der Waals surface area contributed by atoms with Crippen LogP contribution in [-0.2, 0) is 5.41 Å². The number of likely N-dealkylation sites (N-methyl/N-ethyl adjacent to an activating group) is 1. The van der Waals surface area contributed by atoms with Gasteiger partial charge in [0.05, 0.1) is 0 Å². The average Bonchev–Trinajstić information content (AvgIpc) is 2.75. The Hall–Kier alpha value is -1.09. The normalized spacial score (nSPS) is 20.5. The molecule has 1 saturated heterocycles. The molecule has 18 heavy (non-hydrogen) atoms. The van der Waals surface area contributed by atoms with Crippen molar-refractivity contribution in [3.63, 3.8) is 0 Å². The molecule has 1 aromatic carbocycles. The number of nitrogens with one attached hydrogen (secondary N) is 1. The van der Waals surface area contributed by atoms with Gasteiger partial charge >= 0.3 is 0 Å². The van der Waals surface area contributed by atoms with Crippen molar-refractivity contribution < 1.29 is 4.39 Å². The van der Waals surface area contributed by atoms with E-state index in [4.69, 9.17) is 0 Å². The standard InChI is InChI=1S/C15H23FN2/c1-15(2,3)13-6-5-11(16)9-14(13)18-8-7-12(10-18)17-4/h5-6,9,12,17H,7-8,10H2,1-4H3/t12-/m0/s1. The predicted octanol–water partition coefficient (Wildman–Crippen LogP) is 2.92. The summed E-state index contributed by atoms with van der Waals surface area (Å²) in [7, 11) is 1.99. The van der Waals surface area contributed by atoms with Gasteiger partial charge in [-0.15, -0.1) is 0 Å². The van der Waals surface area contributed by atoms with Crippen LogP contribution in [-0.4, -0.2) is 26.2 Å². The lowest BCUT2D eigenvalue weighted by Crippen LogP contribution is -2.30. The lowest BCUT2D eigenvalue weighted by molar-refractivity contribution is 0.579. The van der Waals surface area contributed by atoms with Crippen molar-refractivity contribution in [2.75, 3.05) is 25.0 Å². The second-order valence-electron chi connectivity index (χ2n) is 6.13. The summed E-state index contributed by atoms with van der Waals surface area (Å²) in [5.41, 5.74) is 2.32. The maximum absolute atomic E-state index is 13.5. The van der Waals surface area contributed by atoms with Gasteiger partial charge in [0.15, 0.2) is 0 Å². The van der Waals surface area contributed by atoms with Gasteiger partial charge in [-0.3, -0.25) is 0 Å². The third-order valence-electron chi connectivity index (χ3n) is 3.70. The first-order valence-corrected chi connectivity index (χ1v) is 6.64. The zero-order chi connectivity index (χ0) is 13.3. The van der Waals surface area contributed by atoms with Crippen LogP contribution in [0.4, 0.5) is 10.1 Å². The van der Waals surface area contributed by atoms with Crippen LogP contribution in [0.1, 0.15) is 32.8 Å². The van der Waals surface area contributed by atoms with Crippen LogP contribution in [0.2, 0.25) is 0 Å². The molecule has 2 nitrogen and oxygen atoms in total. The molecule has 100 valence electrons. The lowest BCUT2D eigenvalue weighted by Gasteiger charge is -2.28. The van der Waals surface area contributed by atoms with E-state index >= 15 is 0 Å². The zero-order valence-electron chi connectivity index (χ0n) is 11.8. The van der Waals surface area contributed by atoms with E-state index in [9.17, 15) is 4.39 Å². The number of halogens is 1. The van der Waals surface area contributed by atoms with Crippen molar-refractivity contribution in [1.82, 2.24) is 5.32 Å². The minimum Gasteiger partial charge on any atom is -0.370 e. The minimum atomic E-state index is -0.147. The van der Waals surface area contributed by atoms with Gasteiger partial charge in [0.1, 0.15) is 5.82 Å². The van der Waals surface area contributed by atoms with Gasteiger partial charge in [-0.25, -0.2) is 4.39 Å². The molecule has 1 atom stereocenters. The first-order chi connectivity index (χ1) is 8.41. The maximum atomic E-state index is 13.5. The summed E-state index contributed by atoms with van der Waals surface area (Å²) in [4.78, 5) is 2.30. The van der Waals surface area contributed by atoms with Gasteiger partial charge in [-0.1, -0.05) is 26.8 Å². The Morgan fingerprint density at radius 1 is 1.33 bits per heavy atom. The highest BCUT2D eigenvalue weighted by atomic mass is 19.1. The second-order valence-corrected chi connectivity index (χ2v) is 6.13. The first kappa shape index (κ1) is 13.3. The van der Waals surface area contributed by atoms with Crippen molar-refractivity contribution in [3.8, 4) is 0 Å². The molecule has 0 amide bonds. The highest BCUT2D eigenvalue weighted by molar-refractivity contribution is 5.57. The fraction of sp³-hybridized carbons (Fsp3) is 0.600. The van der Waals surface area contributed by atoms with Crippen molar-refractivity contribution in [2.24, 2.45) is 0 Å². The quantitative estimate of drug-likeness (QED) is 0.868. The zero-order valence-corrected chi connectivity index (χ0v) is 11.8. The molecule has 1 N–H and O–H groups in total. The van der Waals surface area contributed by atoms with Crippen LogP contribution in [0.25, 0.3) is 0 Å². The molecule has 0 bridgehead atoms. The predicted molar refractivity (Wildman–Crippen MR) is 74.8 cm³/mol. The SMILES string of the molecule is CN[C@H]1CCN(c2cc(F)ccc2C(C)(C)C)C1. The Morgan fingerprint density at radius 2 is 2.06 bits per heavy atom. The third kappa shape index (κ3) is 2.66. The Kier molecular flexibility index (Phi) is 3.62. The van der Waals surface area contributed by atoms with Gasteiger partial charge in [-0.2, -0.15) is 0 Å². The van der Waals surface area contributed by atoms with Crippen LogP contribution < -0.4 is 10.2 Å². The number of rotatable bonds is 2. The molecular formula is C15H23FN2. The highest BCUT2D eigenvalue weighted by Gasteiger charge is 2.26. The smallest absolute Gasteiger partial charge is 0.125 e. The Balaban J connectivity index is 2.34. The summed E-state index contributed by atoms with van der Waals surface area (Å²) in [6.45, 7) is 8.49. The lowest BCUT2D eigenvalue weighted by atomic mass is 9.85. The topological polar surface area (TPSA) is 15.3 Å². The molecule has 0 radical (unpaired) electrons.